The Morgan fingerprint density at radius 2 is 1.94 bits per heavy atom. The van der Waals surface area contributed by atoms with E-state index in [1.165, 1.54) is 0 Å². The van der Waals surface area contributed by atoms with Gasteiger partial charge in [-0.05, 0) is 31.1 Å². The van der Waals surface area contributed by atoms with Crippen LogP contribution in [0, 0.1) is 5.41 Å². The molecule has 0 unspecified atom stereocenters. The van der Waals surface area contributed by atoms with Crippen molar-refractivity contribution < 1.29 is 14.7 Å². The fourth-order valence-electron chi connectivity index (χ4n) is 2.51. The molecule has 0 saturated carbocycles. The van der Waals surface area contributed by atoms with Gasteiger partial charge in [-0.1, -0.05) is 20.8 Å². The first-order valence-corrected chi connectivity index (χ1v) is 6.76. The zero-order valence-corrected chi connectivity index (χ0v) is 11.5. The number of carboxylic acids is 1. The Hall–Kier alpha value is -1.26. The van der Waals surface area contributed by atoms with Crippen LogP contribution in [0.5, 0.6) is 0 Å². The average Bonchev–Trinajstić information content (AvgIpc) is 2.80. The third-order valence-corrected chi connectivity index (χ3v) is 4.23. The van der Waals surface area contributed by atoms with Gasteiger partial charge in [-0.25, -0.2) is 9.59 Å². The zero-order valence-electron chi connectivity index (χ0n) is 11.5. The molecule has 0 radical (unpaired) electrons. The van der Waals surface area contributed by atoms with Crippen LogP contribution in [0.3, 0.4) is 0 Å². The van der Waals surface area contributed by atoms with Crippen molar-refractivity contribution in [2.45, 2.75) is 52.5 Å². The number of urea groups is 1. The van der Waals surface area contributed by atoms with Crippen LogP contribution in [-0.2, 0) is 4.79 Å². The molecule has 1 atom stereocenters. The second-order valence-corrected chi connectivity index (χ2v) is 5.13. The number of carboxylic acid groups (broad SMARTS) is 1. The Kier molecular flexibility index (Phi) is 4.99. The van der Waals surface area contributed by atoms with Crippen LogP contribution in [0.15, 0.2) is 0 Å². The molecule has 1 aliphatic rings. The van der Waals surface area contributed by atoms with E-state index < -0.39 is 12.0 Å². The Morgan fingerprint density at radius 1 is 1.33 bits per heavy atom. The van der Waals surface area contributed by atoms with E-state index in [-0.39, 0.29) is 11.4 Å². The molecule has 1 fully saturated rings. The predicted molar refractivity (Wildman–Crippen MR) is 69.5 cm³/mol. The Labute approximate surface area is 109 Å². The molecule has 1 heterocycles. The number of carbonyl (C=O) groups is 2. The molecule has 2 amide bonds. The van der Waals surface area contributed by atoms with E-state index in [2.05, 4.69) is 19.2 Å². The second-order valence-electron chi connectivity index (χ2n) is 5.13. The van der Waals surface area contributed by atoms with E-state index in [0.29, 0.717) is 6.42 Å². The van der Waals surface area contributed by atoms with Gasteiger partial charge in [-0.2, -0.15) is 0 Å². The summed E-state index contributed by atoms with van der Waals surface area (Å²) < 4.78 is 0. The number of hydrogen-bond donors (Lipinski definition) is 2. The maximum Gasteiger partial charge on any atom is 0.326 e. The standard InChI is InChI=1S/C13H24N2O3/c1-4-10(11(16)17)14-12(18)15-8-7-13(5-2,6-3)9-15/h10H,4-9H2,1-3H3,(H,14,18)(H,16,17)/t10-/m0/s1. The quantitative estimate of drug-likeness (QED) is 0.791. The lowest BCUT2D eigenvalue weighted by molar-refractivity contribution is -0.139. The van der Waals surface area contributed by atoms with Crippen LogP contribution in [0.4, 0.5) is 4.79 Å². The number of amides is 2. The van der Waals surface area contributed by atoms with Gasteiger partial charge in [0.05, 0.1) is 0 Å². The van der Waals surface area contributed by atoms with Crippen LogP contribution < -0.4 is 5.32 Å². The fourth-order valence-corrected chi connectivity index (χ4v) is 2.51. The van der Waals surface area contributed by atoms with Gasteiger partial charge < -0.3 is 15.3 Å². The summed E-state index contributed by atoms with van der Waals surface area (Å²) in [6.07, 6.45) is 3.53. The number of rotatable bonds is 5. The number of aliphatic carboxylic acids is 1. The van der Waals surface area contributed by atoms with Crippen LogP contribution in [0.1, 0.15) is 46.5 Å². The lowest BCUT2D eigenvalue weighted by Gasteiger charge is -2.27. The van der Waals surface area contributed by atoms with Gasteiger partial charge in [0.1, 0.15) is 6.04 Å². The maximum absolute atomic E-state index is 12.0. The molecule has 0 aromatic heterocycles. The van der Waals surface area contributed by atoms with Gasteiger partial charge >= 0.3 is 12.0 Å². The molecule has 1 saturated heterocycles. The van der Waals surface area contributed by atoms with Crippen LogP contribution in [0.2, 0.25) is 0 Å². The number of carbonyl (C=O) groups excluding carboxylic acids is 1. The van der Waals surface area contributed by atoms with Gasteiger partial charge in [0.2, 0.25) is 0 Å². The van der Waals surface area contributed by atoms with Crippen LogP contribution in [-0.4, -0.2) is 41.1 Å². The Balaban J connectivity index is 2.57. The summed E-state index contributed by atoms with van der Waals surface area (Å²) in [5.74, 6) is -0.970. The minimum Gasteiger partial charge on any atom is -0.480 e. The summed E-state index contributed by atoms with van der Waals surface area (Å²) in [5, 5.41) is 11.5. The molecule has 5 heteroatoms. The third kappa shape index (κ3) is 3.15. The van der Waals surface area contributed by atoms with Crippen LogP contribution >= 0.6 is 0 Å². The Bertz CT molecular complexity index is 313. The van der Waals surface area contributed by atoms with E-state index in [0.717, 1.165) is 32.4 Å². The SMILES string of the molecule is CC[C@H](NC(=O)N1CCC(CC)(CC)C1)C(=O)O. The summed E-state index contributed by atoms with van der Waals surface area (Å²) in [6.45, 7) is 7.52. The van der Waals surface area contributed by atoms with Crippen molar-refractivity contribution in [3.63, 3.8) is 0 Å². The summed E-state index contributed by atoms with van der Waals surface area (Å²) in [5.41, 5.74) is 0.224. The number of nitrogens with one attached hydrogen (secondary N) is 1. The summed E-state index contributed by atoms with van der Waals surface area (Å²) in [7, 11) is 0. The van der Waals surface area contributed by atoms with Gasteiger partial charge in [-0.3, -0.25) is 0 Å². The molecule has 1 aliphatic heterocycles. The van der Waals surface area contributed by atoms with Crippen molar-refractivity contribution in [3.8, 4) is 0 Å². The third-order valence-electron chi connectivity index (χ3n) is 4.23. The van der Waals surface area contributed by atoms with Crippen molar-refractivity contribution in [2.75, 3.05) is 13.1 Å². The number of likely N-dealkylation sites (tertiary alicyclic amines) is 1. The molecule has 0 bridgehead atoms. The largest absolute Gasteiger partial charge is 0.480 e. The monoisotopic (exact) mass is 256 g/mol. The molecule has 0 spiro atoms. The predicted octanol–water partition coefficient (Wildman–Crippen LogP) is 2.07. The van der Waals surface area contributed by atoms with Gasteiger partial charge in [0.25, 0.3) is 0 Å². The van der Waals surface area contributed by atoms with Crippen molar-refractivity contribution in [1.29, 1.82) is 0 Å². The van der Waals surface area contributed by atoms with Gasteiger partial charge in [0, 0.05) is 13.1 Å². The van der Waals surface area contributed by atoms with Crippen molar-refractivity contribution in [2.24, 2.45) is 5.41 Å². The number of nitrogens with zero attached hydrogens (tertiary/aromatic N) is 1. The molecule has 2 N–H and O–H groups in total. The lowest BCUT2D eigenvalue weighted by Crippen LogP contribution is -2.47. The van der Waals surface area contributed by atoms with Crippen molar-refractivity contribution in [3.05, 3.63) is 0 Å². The van der Waals surface area contributed by atoms with Gasteiger partial charge in [0.15, 0.2) is 0 Å². The Morgan fingerprint density at radius 3 is 2.33 bits per heavy atom. The highest BCUT2D eigenvalue weighted by Crippen LogP contribution is 2.36. The molecular formula is C13H24N2O3. The molecule has 0 aliphatic carbocycles. The summed E-state index contributed by atoms with van der Waals surface area (Å²) in [4.78, 5) is 24.6. The molecule has 1 rings (SSSR count). The average molecular weight is 256 g/mol. The highest BCUT2D eigenvalue weighted by molar-refractivity contribution is 5.82. The van der Waals surface area contributed by atoms with E-state index in [9.17, 15) is 9.59 Å². The molecule has 5 nitrogen and oxygen atoms in total. The second kappa shape index (κ2) is 6.07. The number of hydrogen-bond acceptors (Lipinski definition) is 2. The minimum absolute atomic E-state index is 0.224. The van der Waals surface area contributed by atoms with Crippen molar-refractivity contribution >= 4 is 12.0 Å². The lowest BCUT2D eigenvalue weighted by atomic mass is 9.82. The summed E-state index contributed by atoms with van der Waals surface area (Å²) >= 11 is 0. The molecular weight excluding hydrogens is 232 g/mol. The normalized spacial score (nSPS) is 19.6. The fraction of sp³-hybridized carbons (Fsp3) is 0.846. The first-order valence-electron chi connectivity index (χ1n) is 6.76. The minimum atomic E-state index is -0.970. The highest BCUT2D eigenvalue weighted by atomic mass is 16.4. The maximum atomic E-state index is 12.0. The van der Waals surface area contributed by atoms with Crippen molar-refractivity contribution in [1.82, 2.24) is 10.2 Å². The molecule has 18 heavy (non-hydrogen) atoms. The molecule has 0 aromatic carbocycles. The first kappa shape index (κ1) is 14.8. The molecule has 104 valence electrons. The van der Waals surface area contributed by atoms with Crippen LogP contribution in [0.25, 0.3) is 0 Å². The van der Waals surface area contributed by atoms with E-state index in [4.69, 9.17) is 5.11 Å². The smallest absolute Gasteiger partial charge is 0.326 e. The first-order chi connectivity index (χ1) is 8.48. The van der Waals surface area contributed by atoms with Gasteiger partial charge in [-0.15, -0.1) is 0 Å². The van der Waals surface area contributed by atoms with E-state index in [1.54, 1.807) is 11.8 Å². The zero-order chi connectivity index (χ0) is 13.8. The molecule has 0 aromatic rings. The highest BCUT2D eigenvalue weighted by Gasteiger charge is 2.37. The summed E-state index contributed by atoms with van der Waals surface area (Å²) in [6, 6.07) is -1.02. The topological polar surface area (TPSA) is 69.6 Å². The van der Waals surface area contributed by atoms with E-state index in [1.807, 2.05) is 0 Å². The van der Waals surface area contributed by atoms with E-state index >= 15 is 0 Å².